The van der Waals surface area contributed by atoms with Crippen LogP contribution in [-0.2, 0) is 18.2 Å². The molecule has 0 aromatic carbocycles. The van der Waals surface area contributed by atoms with E-state index in [4.69, 9.17) is 19.6 Å². The Labute approximate surface area is 106 Å². The second-order valence-corrected chi connectivity index (χ2v) is 7.35. The van der Waals surface area contributed by atoms with E-state index in [2.05, 4.69) is 9.05 Å². The van der Waals surface area contributed by atoms with Crippen molar-refractivity contribution in [1.29, 1.82) is 0 Å². The number of phosphoric ester groups is 2. The molecular formula is C8H20O8P2. The van der Waals surface area contributed by atoms with E-state index in [1.54, 1.807) is 20.8 Å². The van der Waals surface area contributed by atoms with Gasteiger partial charge in [0.15, 0.2) is 0 Å². The van der Waals surface area contributed by atoms with E-state index in [1.165, 1.54) is 0 Å². The van der Waals surface area contributed by atoms with Gasteiger partial charge >= 0.3 is 15.6 Å². The molecule has 0 radical (unpaired) electrons. The van der Waals surface area contributed by atoms with Crippen LogP contribution in [0.4, 0.5) is 0 Å². The number of rotatable bonds is 7. The van der Waals surface area contributed by atoms with Gasteiger partial charge in [-0.05, 0) is 18.3 Å². The van der Waals surface area contributed by atoms with Gasteiger partial charge in [0, 0.05) is 0 Å². The zero-order chi connectivity index (χ0) is 14.6. The Hall–Kier alpha value is 0.220. The Morgan fingerprint density at radius 3 is 1.89 bits per heavy atom. The van der Waals surface area contributed by atoms with Crippen molar-refractivity contribution >= 4 is 15.6 Å². The minimum absolute atomic E-state index is 0.207. The molecule has 18 heavy (non-hydrogen) atoms. The zero-order valence-electron chi connectivity index (χ0n) is 10.5. The fraction of sp³-hybridized carbons (Fsp3) is 1.00. The monoisotopic (exact) mass is 306 g/mol. The van der Waals surface area contributed by atoms with E-state index in [-0.39, 0.29) is 19.4 Å². The Morgan fingerprint density at radius 1 is 1.06 bits per heavy atom. The molecule has 1 atom stereocenters. The highest BCUT2D eigenvalue weighted by molar-refractivity contribution is 7.46. The molecule has 0 aliphatic carbocycles. The molecule has 4 N–H and O–H groups in total. The van der Waals surface area contributed by atoms with E-state index in [1.807, 2.05) is 0 Å². The normalized spacial score (nSPS) is 15.7. The summed E-state index contributed by atoms with van der Waals surface area (Å²) in [5.41, 5.74) is -0.511. The molecule has 0 aliphatic heterocycles. The molecule has 0 heterocycles. The molecule has 0 saturated heterocycles. The number of hydrogen-bond donors (Lipinski definition) is 4. The molecule has 0 aliphatic rings. The maximum Gasteiger partial charge on any atom is 0.469 e. The van der Waals surface area contributed by atoms with Crippen LogP contribution in [0.1, 0.15) is 33.6 Å². The standard InChI is InChI=1S/C8H20O8P2/c1-8(2,3)7(16-18(12,13)14)5-4-6-15-17(9,10)11/h7H,4-6H2,1-3H3,(H2,9,10,11)(H2,12,13,14). The summed E-state index contributed by atoms with van der Waals surface area (Å²) in [4.78, 5) is 34.5. The van der Waals surface area contributed by atoms with Crippen LogP contribution in [0.25, 0.3) is 0 Å². The first-order valence-electron chi connectivity index (χ1n) is 5.25. The molecule has 0 spiro atoms. The summed E-state index contributed by atoms with van der Waals surface area (Å²) in [6.07, 6.45) is -0.305. The van der Waals surface area contributed by atoms with Gasteiger partial charge in [-0.15, -0.1) is 0 Å². The van der Waals surface area contributed by atoms with E-state index >= 15 is 0 Å². The topological polar surface area (TPSA) is 134 Å². The number of hydrogen-bond acceptors (Lipinski definition) is 4. The third kappa shape index (κ3) is 10.2. The quantitative estimate of drug-likeness (QED) is 0.409. The summed E-state index contributed by atoms with van der Waals surface area (Å²) in [7, 11) is -9.10. The van der Waals surface area contributed by atoms with Crippen molar-refractivity contribution in [1.82, 2.24) is 0 Å². The summed E-state index contributed by atoms with van der Waals surface area (Å²) in [5.74, 6) is 0. The van der Waals surface area contributed by atoms with Gasteiger partial charge in [-0.25, -0.2) is 9.13 Å². The van der Waals surface area contributed by atoms with Gasteiger partial charge in [-0.2, -0.15) is 0 Å². The lowest BCUT2D eigenvalue weighted by Gasteiger charge is -2.30. The van der Waals surface area contributed by atoms with Crippen LogP contribution in [0.3, 0.4) is 0 Å². The lowest BCUT2D eigenvalue weighted by atomic mass is 9.87. The second kappa shape index (κ2) is 6.59. The Morgan fingerprint density at radius 2 is 1.56 bits per heavy atom. The summed E-state index contributed by atoms with van der Waals surface area (Å²) in [5, 5.41) is 0. The maximum absolute atomic E-state index is 10.8. The molecule has 0 rings (SSSR count). The molecular weight excluding hydrogens is 286 g/mol. The first-order valence-corrected chi connectivity index (χ1v) is 8.31. The van der Waals surface area contributed by atoms with E-state index in [0.717, 1.165) is 0 Å². The van der Waals surface area contributed by atoms with Crippen molar-refractivity contribution in [3.8, 4) is 0 Å². The van der Waals surface area contributed by atoms with Gasteiger partial charge in [0.25, 0.3) is 0 Å². The summed E-state index contributed by atoms with van der Waals surface area (Å²) < 4.78 is 30.1. The highest BCUT2D eigenvalue weighted by Crippen LogP contribution is 2.43. The lowest BCUT2D eigenvalue weighted by molar-refractivity contribution is 0.0415. The van der Waals surface area contributed by atoms with Crippen LogP contribution in [0, 0.1) is 5.41 Å². The van der Waals surface area contributed by atoms with Crippen molar-refractivity contribution in [2.45, 2.75) is 39.7 Å². The largest absolute Gasteiger partial charge is 0.469 e. The molecule has 0 fully saturated rings. The van der Waals surface area contributed by atoms with Crippen LogP contribution in [0.5, 0.6) is 0 Å². The van der Waals surface area contributed by atoms with Crippen molar-refractivity contribution in [2.75, 3.05) is 6.61 Å². The van der Waals surface area contributed by atoms with Gasteiger partial charge in [0.05, 0.1) is 12.7 Å². The van der Waals surface area contributed by atoms with E-state index in [9.17, 15) is 9.13 Å². The summed E-state index contributed by atoms with van der Waals surface area (Å²) in [6.45, 7) is 5.03. The smallest absolute Gasteiger partial charge is 0.303 e. The molecule has 110 valence electrons. The highest BCUT2D eigenvalue weighted by atomic mass is 31.2. The molecule has 0 amide bonds. The van der Waals surface area contributed by atoms with Crippen molar-refractivity contribution in [3.63, 3.8) is 0 Å². The van der Waals surface area contributed by atoms with Gasteiger partial charge in [-0.3, -0.25) is 9.05 Å². The van der Waals surface area contributed by atoms with Gasteiger partial charge < -0.3 is 19.6 Å². The molecule has 0 bridgehead atoms. The molecule has 0 aromatic heterocycles. The fourth-order valence-corrected chi connectivity index (χ4v) is 2.38. The van der Waals surface area contributed by atoms with Crippen LogP contribution in [0.15, 0.2) is 0 Å². The van der Waals surface area contributed by atoms with Gasteiger partial charge in [-0.1, -0.05) is 20.8 Å². The fourth-order valence-electron chi connectivity index (χ4n) is 1.26. The zero-order valence-corrected chi connectivity index (χ0v) is 12.3. The molecule has 8 nitrogen and oxygen atoms in total. The van der Waals surface area contributed by atoms with Crippen LogP contribution in [0.2, 0.25) is 0 Å². The van der Waals surface area contributed by atoms with Crippen LogP contribution < -0.4 is 0 Å². The minimum atomic E-state index is -4.59. The third-order valence-electron chi connectivity index (χ3n) is 2.10. The Kier molecular flexibility index (Phi) is 6.67. The lowest BCUT2D eigenvalue weighted by Crippen LogP contribution is -2.28. The Bertz CT molecular complexity index is 337. The first kappa shape index (κ1) is 18.2. The molecule has 0 saturated carbocycles. The van der Waals surface area contributed by atoms with Crippen LogP contribution >= 0.6 is 15.6 Å². The minimum Gasteiger partial charge on any atom is -0.303 e. The van der Waals surface area contributed by atoms with E-state index in [0.29, 0.717) is 0 Å². The van der Waals surface area contributed by atoms with Crippen LogP contribution in [-0.4, -0.2) is 32.3 Å². The predicted molar refractivity (Wildman–Crippen MR) is 63.6 cm³/mol. The Balaban J connectivity index is 4.28. The molecule has 1 unspecified atom stereocenters. The highest BCUT2D eigenvalue weighted by Gasteiger charge is 2.31. The number of phosphoric acid groups is 2. The van der Waals surface area contributed by atoms with Crippen molar-refractivity contribution in [2.24, 2.45) is 5.41 Å². The molecule has 10 heteroatoms. The SMILES string of the molecule is CC(C)(C)C(CCCOP(=O)(O)O)OP(=O)(O)O. The van der Waals surface area contributed by atoms with Gasteiger partial charge in [0.1, 0.15) is 0 Å². The van der Waals surface area contributed by atoms with Gasteiger partial charge in [0.2, 0.25) is 0 Å². The average molecular weight is 306 g/mol. The van der Waals surface area contributed by atoms with E-state index < -0.39 is 27.2 Å². The molecule has 0 aromatic rings. The third-order valence-corrected chi connectivity index (χ3v) is 3.15. The first-order chi connectivity index (χ1) is 7.81. The summed E-state index contributed by atoms with van der Waals surface area (Å²) in [6, 6.07) is 0. The second-order valence-electron chi connectivity index (χ2n) is 4.92. The summed E-state index contributed by atoms with van der Waals surface area (Å²) >= 11 is 0. The maximum atomic E-state index is 10.8. The average Bonchev–Trinajstić information content (AvgIpc) is 2.04. The van der Waals surface area contributed by atoms with Crippen molar-refractivity contribution < 1.29 is 37.8 Å². The predicted octanol–water partition coefficient (Wildman–Crippen LogP) is 1.40. The van der Waals surface area contributed by atoms with Crippen molar-refractivity contribution in [3.05, 3.63) is 0 Å².